The van der Waals surface area contributed by atoms with Gasteiger partial charge < -0.3 is 0 Å². The summed E-state index contributed by atoms with van der Waals surface area (Å²) in [6.07, 6.45) is 13.5. The molecule has 1 aliphatic heterocycles. The van der Waals surface area contributed by atoms with Gasteiger partial charge >= 0.3 is 0 Å². The summed E-state index contributed by atoms with van der Waals surface area (Å²) in [5.74, 6) is -0.458. The number of rotatable bonds is 11. The van der Waals surface area contributed by atoms with E-state index in [9.17, 15) is 9.59 Å². The van der Waals surface area contributed by atoms with Crippen LogP contribution in [0.25, 0.3) is 43.1 Å². The molecular weight excluding hydrogens is 570 g/mol. The molecule has 3 nitrogen and oxygen atoms in total. The van der Waals surface area contributed by atoms with Crippen molar-refractivity contribution < 1.29 is 9.59 Å². The van der Waals surface area contributed by atoms with Gasteiger partial charge in [0.05, 0.1) is 0 Å². The molecule has 210 valence electrons. The van der Waals surface area contributed by atoms with Crippen molar-refractivity contribution in [3.8, 4) is 0 Å². The third kappa shape index (κ3) is 7.83. The Kier molecular flexibility index (Phi) is 10.2. The van der Waals surface area contributed by atoms with Gasteiger partial charge in [-0.15, -0.1) is 0 Å². The van der Waals surface area contributed by atoms with Crippen LogP contribution in [0.3, 0.4) is 0 Å². The minimum absolute atomic E-state index is 0.197. The molecule has 5 aromatic carbocycles. The predicted molar refractivity (Wildman–Crippen MR) is 178 cm³/mol. The maximum absolute atomic E-state index is 11.3. The second kappa shape index (κ2) is 14.4. The Morgan fingerprint density at radius 3 is 1.22 bits per heavy atom. The molecule has 5 aromatic rings. The molecule has 6 rings (SSSR count). The Morgan fingerprint density at radius 2 is 0.854 bits per heavy atom. The van der Waals surface area contributed by atoms with Crippen molar-refractivity contribution in [2.45, 2.75) is 64.2 Å². The van der Waals surface area contributed by atoms with Gasteiger partial charge in [0.25, 0.3) is 11.8 Å². The monoisotopic (exact) mass is 607 g/mol. The van der Waals surface area contributed by atoms with Crippen molar-refractivity contribution in [3.05, 3.63) is 96.6 Å². The molecule has 0 atom stereocenters. The first-order chi connectivity index (χ1) is 20.1. The molecular formula is C37H38BrNO2. The van der Waals surface area contributed by atoms with E-state index < -0.39 is 0 Å². The van der Waals surface area contributed by atoms with Crippen molar-refractivity contribution in [3.63, 3.8) is 0 Å². The van der Waals surface area contributed by atoms with Crippen LogP contribution >= 0.6 is 15.9 Å². The van der Waals surface area contributed by atoms with Gasteiger partial charge in [0, 0.05) is 17.0 Å². The van der Waals surface area contributed by atoms with Crippen LogP contribution in [0.15, 0.2) is 96.6 Å². The molecule has 0 radical (unpaired) electrons. The number of nitrogens with one attached hydrogen (secondary N) is 1. The lowest BCUT2D eigenvalue weighted by atomic mass is 9.97. The van der Waals surface area contributed by atoms with E-state index in [0.717, 1.165) is 24.6 Å². The van der Waals surface area contributed by atoms with Crippen molar-refractivity contribution in [1.82, 2.24) is 5.32 Å². The zero-order valence-electron chi connectivity index (χ0n) is 23.6. The van der Waals surface area contributed by atoms with E-state index in [1.54, 1.807) is 0 Å². The van der Waals surface area contributed by atoms with E-state index in [1.165, 1.54) is 94.1 Å². The number of carbonyl (C=O) groups excluding carboxylic acids is 2. The van der Waals surface area contributed by atoms with Crippen molar-refractivity contribution in [1.29, 1.82) is 0 Å². The van der Waals surface area contributed by atoms with Crippen molar-refractivity contribution in [2.75, 3.05) is 5.33 Å². The molecule has 0 aromatic heterocycles. The van der Waals surface area contributed by atoms with Crippen LogP contribution in [-0.4, -0.2) is 17.1 Å². The van der Waals surface area contributed by atoms with Crippen LogP contribution in [0.5, 0.6) is 0 Å². The molecule has 1 N–H and O–H groups in total. The van der Waals surface area contributed by atoms with Gasteiger partial charge in [0.15, 0.2) is 0 Å². The number of halogens is 1. The number of imide groups is 1. The van der Waals surface area contributed by atoms with E-state index in [-0.39, 0.29) is 11.8 Å². The summed E-state index contributed by atoms with van der Waals surface area (Å²) < 4.78 is 0. The highest BCUT2D eigenvalue weighted by Crippen LogP contribution is 2.30. The first-order valence-corrected chi connectivity index (χ1v) is 16.1. The molecule has 0 unspecified atom stereocenters. The number of hydrogen-bond acceptors (Lipinski definition) is 2. The van der Waals surface area contributed by atoms with Crippen LogP contribution < -0.4 is 5.32 Å². The Morgan fingerprint density at radius 1 is 0.488 bits per heavy atom. The fraction of sp³-hybridized carbons (Fsp3) is 0.297. The highest BCUT2D eigenvalue weighted by atomic mass is 79.9. The van der Waals surface area contributed by atoms with Crippen LogP contribution in [-0.2, 0) is 9.59 Å². The summed E-state index contributed by atoms with van der Waals surface area (Å²) in [6, 6.07) is 30.9. The largest absolute Gasteiger partial charge is 0.289 e. The second-order valence-corrected chi connectivity index (χ2v) is 11.8. The zero-order valence-corrected chi connectivity index (χ0v) is 25.2. The molecule has 1 heterocycles. The second-order valence-electron chi connectivity index (χ2n) is 11.1. The number of fused-ring (bicyclic) bond motifs is 4. The van der Waals surface area contributed by atoms with E-state index in [0.29, 0.717) is 5.57 Å². The third-order valence-electron chi connectivity index (χ3n) is 7.94. The Bertz CT molecular complexity index is 1520. The smallest absolute Gasteiger partial charge is 0.254 e. The molecule has 2 amide bonds. The predicted octanol–water partition coefficient (Wildman–Crippen LogP) is 10.2. The van der Waals surface area contributed by atoms with Crippen LogP contribution in [0.4, 0.5) is 0 Å². The summed E-state index contributed by atoms with van der Waals surface area (Å²) >= 11 is 3.44. The van der Waals surface area contributed by atoms with Gasteiger partial charge in [-0.3, -0.25) is 14.9 Å². The van der Waals surface area contributed by atoms with Gasteiger partial charge in [0.1, 0.15) is 0 Å². The third-order valence-corrected chi connectivity index (χ3v) is 8.50. The minimum Gasteiger partial charge on any atom is -0.289 e. The normalized spacial score (nSPS) is 13.0. The minimum atomic E-state index is -0.261. The number of alkyl halides is 1. The van der Waals surface area contributed by atoms with Crippen molar-refractivity contribution in [2.24, 2.45) is 0 Å². The Hall–Kier alpha value is -3.50. The maximum Gasteiger partial charge on any atom is 0.254 e. The number of hydrogen-bond donors (Lipinski definition) is 1. The molecule has 0 aliphatic carbocycles. The van der Waals surface area contributed by atoms with Crippen LogP contribution in [0, 0.1) is 0 Å². The highest BCUT2D eigenvalue weighted by Gasteiger charge is 2.19. The number of benzene rings is 5. The first kappa shape index (κ1) is 29.0. The molecule has 0 spiro atoms. The summed E-state index contributed by atoms with van der Waals surface area (Å²) in [5.41, 5.74) is 0.653. The number of carbonyl (C=O) groups is 2. The fourth-order valence-electron chi connectivity index (χ4n) is 5.67. The standard InChI is InChI=1S/C22H14.C15H24BrNO2/c1-2-6-16-10-20-14-22-12-18-8-4-3-7-17(18)11-21(22)13-19(20)9-15(16)5-1;16-11-9-7-5-3-1-2-4-6-8-10-13-12-14(18)17-15(13)19/h1-14H;12H,1-11H2,(H,17,18,19). The highest BCUT2D eigenvalue weighted by molar-refractivity contribution is 9.09. The Labute approximate surface area is 251 Å². The average Bonchev–Trinajstić information content (AvgIpc) is 3.31. The fourth-order valence-corrected chi connectivity index (χ4v) is 6.07. The van der Waals surface area contributed by atoms with Crippen LogP contribution in [0.1, 0.15) is 64.2 Å². The van der Waals surface area contributed by atoms with Gasteiger partial charge in [-0.25, -0.2) is 0 Å². The molecule has 4 heteroatoms. The molecule has 0 bridgehead atoms. The maximum atomic E-state index is 11.3. The van der Waals surface area contributed by atoms with E-state index >= 15 is 0 Å². The van der Waals surface area contributed by atoms with Gasteiger partial charge in [0.2, 0.25) is 0 Å². The van der Waals surface area contributed by atoms with E-state index in [4.69, 9.17) is 0 Å². The number of amides is 2. The molecule has 1 aliphatic rings. The molecule has 41 heavy (non-hydrogen) atoms. The van der Waals surface area contributed by atoms with Gasteiger partial charge in [-0.2, -0.15) is 0 Å². The van der Waals surface area contributed by atoms with Crippen LogP contribution in [0.2, 0.25) is 0 Å². The van der Waals surface area contributed by atoms with E-state index in [1.807, 2.05) is 0 Å². The lowest BCUT2D eigenvalue weighted by Gasteiger charge is -2.07. The van der Waals surface area contributed by atoms with E-state index in [2.05, 4.69) is 106 Å². The molecule has 0 saturated carbocycles. The lowest BCUT2D eigenvalue weighted by molar-refractivity contribution is -0.123. The van der Waals surface area contributed by atoms with Gasteiger partial charge in [-0.05, 0) is 98.8 Å². The summed E-state index contributed by atoms with van der Waals surface area (Å²) in [5, 5.41) is 13.8. The van der Waals surface area contributed by atoms with Gasteiger partial charge in [-0.1, -0.05) is 109 Å². The summed E-state index contributed by atoms with van der Waals surface area (Å²) in [7, 11) is 0. The summed E-state index contributed by atoms with van der Waals surface area (Å²) in [4.78, 5) is 22.2. The topological polar surface area (TPSA) is 46.2 Å². The average molecular weight is 609 g/mol. The quantitative estimate of drug-likeness (QED) is 0.0702. The van der Waals surface area contributed by atoms with Crippen molar-refractivity contribution >= 4 is 70.8 Å². The Balaban J connectivity index is 0.000000167. The SMILES string of the molecule is O=C1C=C(CCCCCCCCCCCBr)C(=O)N1.c1ccc2cc3cc4cc5ccccc5cc4cc3cc2c1. The lowest BCUT2D eigenvalue weighted by Crippen LogP contribution is -2.22. The molecule has 0 saturated heterocycles. The molecule has 0 fully saturated rings. The zero-order chi connectivity index (χ0) is 28.4. The summed E-state index contributed by atoms with van der Waals surface area (Å²) in [6.45, 7) is 0. The number of unbranched alkanes of at least 4 members (excludes halogenated alkanes) is 8. The first-order valence-electron chi connectivity index (χ1n) is 15.0.